The van der Waals surface area contributed by atoms with Gasteiger partial charge >= 0.3 is 6.03 Å². The molecule has 3 amide bonds. The minimum Gasteiger partial charge on any atom is -0.378 e. The second-order valence-electron chi connectivity index (χ2n) is 15.0. The number of nitrogens with one attached hydrogen (secondary N) is 3. The number of carbonyl (C=O) groups excluding carboxylic acids is 2. The minimum absolute atomic E-state index is 0.0503. The summed E-state index contributed by atoms with van der Waals surface area (Å²) in [4.78, 5) is 32.9. The van der Waals surface area contributed by atoms with Gasteiger partial charge in [0.1, 0.15) is 12.3 Å². The largest absolute Gasteiger partial charge is 0.378 e. The summed E-state index contributed by atoms with van der Waals surface area (Å²) in [7, 11) is 0. The highest BCUT2D eigenvalue weighted by Gasteiger charge is 2.60. The average molecular weight is 655 g/mol. The smallest absolute Gasteiger partial charge is 0.320 e. The van der Waals surface area contributed by atoms with Crippen LogP contribution in [0.3, 0.4) is 0 Å². The van der Waals surface area contributed by atoms with Gasteiger partial charge < -0.3 is 25.2 Å². The molecule has 1 aliphatic carbocycles. The van der Waals surface area contributed by atoms with Crippen molar-refractivity contribution in [3.05, 3.63) is 12.2 Å². The third-order valence-electron chi connectivity index (χ3n) is 12.3. The number of amides is 3. The van der Waals surface area contributed by atoms with Gasteiger partial charge in [-0.15, -0.1) is 0 Å². The first-order valence-corrected chi connectivity index (χ1v) is 17.6. The van der Waals surface area contributed by atoms with Crippen molar-refractivity contribution in [2.75, 3.05) is 26.2 Å². The van der Waals surface area contributed by atoms with E-state index in [9.17, 15) is 18.4 Å². The molecule has 6 aliphatic heterocycles. The molecule has 2 bridgehead atoms. The van der Waals surface area contributed by atoms with Crippen LogP contribution in [0.5, 0.6) is 0 Å². The Kier molecular flexibility index (Phi) is 9.32. The van der Waals surface area contributed by atoms with Crippen molar-refractivity contribution in [3.8, 4) is 0 Å². The Bertz CT molecular complexity index is 1160. The van der Waals surface area contributed by atoms with Gasteiger partial charge in [0, 0.05) is 55.7 Å². The molecule has 0 aromatic heterocycles. The third-order valence-corrected chi connectivity index (χ3v) is 12.3. The van der Waals surface area contributed by atoms with E-state index in [-0.39, 0.29) is 60.5 Å². The monoisotopic (exact) mass is 654 g/mol. The molecule has 7 aliphatic rings. The van der Waals surface area contributed by atoms with Crippen LogP contribution in [0.1, 0.15) is 65.2 Å². The zero-order valence-corrected chi connectivity index (χ0v) is 26.9. The number of likely N-dealkylation sites (tertiary alicyclic amines) is 2. The molecule has 46 heavy (non-hydrogen) atoms. The van der Waals surface area contributed by atoms with Crippen LogP contribution in [-0.4, -0.2) is 120 Å². The molecule has 0 radical (unpaired) electrons. The Balaban J connectivity index is 1.20. The molecule has 1 saturated carbocycles. The highest BCUT2D eigenvalue weighted by atomic mass is 19.3. The van der Waals surface area contributed by atoms with Gasteiger partial charge in [0.2, 0.25) is 5.91 Å². The van der Waals surface area contributed by atoms with Crippen LogP contribution in [0.15, 0.2) is 12.2 Å². The van der Waals surface area contributed by atoms with Gasteiger partial charge in [-0.05, 0) is 75.8 Å². The van der Waals surface area contributed by atoms with Crippen molar-refractivity contribution < 1.29 is 31.9 Å². The molecule has 13 atom stereocenters. The molecule has 0 aromatic rings. The van der Waals surface area contributed by atoms with Gasteiger partial charge in [-0.1, -0.05) is 13.8 Å². The van der Waals surface area contributed by atoms with Crippen molar-refractivity contribution in [2.24, 2.45) is 23.7 Å². The summed E-state index contributed by atoms with van der Waals surface area (Å²) in [6.45, 7) is 6.63. The molecule has 6 heterocycles. The van der Waals surface area contributed by atoms with Crippen LogP contribution in [-0.2, 0) is 9.53 Å². The Labute approximate surface area is 269 Å². The number of piperidine rings is 2. The van der Waals surface area contributed by atoms with Crippen LogP contribution in [0, 0.1) is 23.7 Å². The number of ether oxygens (including phenoxy) is 1. The Hall–Kier alpha value is -1.96. The molecule has 9 nitrogen and oxygen atoms in total. The quantitative estimate of drug-likeness (QED) is 0.318. The molecule has 13 heteroatoms. The average Bonchev–Trinajstić information content (AvgIpc) is 3.33. The maximum absolute atomic E-state index is 16.5. The number of alkyl halides is 4. The Morgan fingerprint density at radius 3 is 2.63 bits per heavy atom. The number of allylic oxidation sites excluding steroid dienone is 1. The van der Waals surface area contributed by atoms with Crippen LogP contribution in [0.25, 0.3) is 0 Å². The summed E-state index contributed by atoms with van der Waals surface area (Å²) in [6.07, 6.45) is 0.304. The summed E-state index contributed by atoms with van der Waals surface area (Å²) in [5.41, 5.74) is 0. The number of urea groups is 1. The molecular formula is C33H50F4N6O3. The van der Waals surface area contributed by atoms with Crippen molar-refractivity contribution in [1.29, 1.82) is 0 Å². The molecule has 6 saturated heterocycles. The van der Waals surface area contributed by atoms with Crippen LogP contribution in [0.4, 0.5) is 22.4 Å². The lowest BCUT2D eigenvalue weighted by Crippen LogP contribution is -2.81. The summed E-state index contributed by atoms with van der Waals surface area (Å²) < 4.78 is 64.1. The van der Waals surface area contributed by atoms with Gasteiger partial charge in [0.05, 0.1) is 30.5 Å². The van der Waals surface area contributed by atoms with Crippen molar-refractivity contribution in [3.63, 3.8) is 0 Å². The Morgan fingerprint density at radius 1 is 1.02 bits per heavy atom. The lowest BCUT2D eigenvalue weighted by atomic mass is 9.72. The predicted octanol–water partition coefficient (Wildman–Crippen LogP) is 3.41. The van der Waals surface area contributed by atoms with Crippen LogP contribution < -0.4 is 16.0 Å². The Morgan fingerprint density at radius 2 is 1.85 bits per heavy atom. The maximum Gasteiger partial charge on any atom is 0.320 e. The second kappa shape index (κ2) is 13.2. The van der Waals surface area contributed by atoms with Gasteiger partial charge in [-0.2, -0.15) is 0 Å². The summed E-state index contributed by atoms with van der Waals surface area (Å²) in [5.74, 6) is -0.878. The van der Waals surface area contributed by atoms with E-state index in [1.54, 1.807) is 4.90 Å². The first kappa shape index (κ1) is 32.6. The third kappa shape index (κ3) is 5.74. The van der Waals surface area contributed by atoms with E-state index in [4.69, 9.17) is 4.74 Å². The summed E-state index contributed by atoms with van der Waals surface area (Å²) in [6, 6.07) is -1.24. The number of hydrogen-bond acceptors (Lipinski definition) is 6. The zero-order chi connectivity index (χ0) is 32.3. The zero-order valence-electron chi connectivity index (χ0n) is 26.9. The molecule has 7 fully saturated rings. The van der Waals surface area contributed by atoms with E-state index in [0.717, 1.165) is 38.3 Å². The standard InChI is InChI=1S/C33H50F4N6O3/c1-17(2)28-30-18(10-12-38-28)5-4-14-46-24-7-3-6-20(34)27(24)29-21(35)15-19-31(40-33(45)43(30)32(19)39-29)42-16-23-22(42)11-13-41(23)26(44)9-8-25(36)37/h8-9,17-25,27-32,38-39H,3-7,10-16H2,1-2H3,(H,40,45)/b9-8+. The topological polar surface area (TPSA) is 89.2 Å². The van der Waals surface area contributed by atoms with E-state index in [1.165, 1.54) is 0 Å². The van der Waals surface area contributed by atoms with E-state index in [1.807, 2.05) is 4.90 Å². The second-order valence-corrected chi connectivity index (χ2v) is 15.0. The maximum atomic E-state index is 16.5. The van der Waals surface area contributed by atoms with Crippen LogP contribution >= 0.6 is 0 Å². The summed E-state index contributed by atoms with van der Waals surface area (Å²) >= 11 is 0. The van der Waals surface area contributed by atoms with E-state index < -0.39 is 49.0 Å². The molecule has 0 spiro atoms. The lowest BCUT2D eigenvalue weighted by Gasteiger charge is -2.61. The van der Waals surface area contributed by atoms with Gasteiger partial charge in [0.15, 0.2) is 0 Å². The fourth-order valence-corrected chi connectivity index (χ4v) is 10.2. The molecule has 7 rings (SSSR count). The molecule has 258 valence electrons. The van der Waals surface area contributed by atoms with E-state index in [0.29, 0.717) is 45.0 Å². The minimum atomic E-state index is -2.69. The van der Waals surface area contributed by atoms with Crippen LogP contribution in [0.2, 0.25) is 0 Å². The number of fused-ring (bicyclic) bond motifs is 6. The van der Waals surface area contributed by atoms with E-state index in [2.05, 4.69) is 34.7 Å². The number of rotatable bonds is 4. The van der Waals surface area contributed by atoms with Gasteiger partial charge in [-0.3, -0.25) is 15.0 Å². The number of halogens is 4. The predicted molar refractivity (Wildman–Crippen MR) is 163 cm³/mol. The molecule has 13 unspecified atom stereocenters. The van der Waals surface area contributed by atoms with E-state index >= 15 is 8.78 Å². The highest BCUT2D eigenvalue weighted by molar-refractivity contribution is 5.88. The number of nitrogens with zero attached hydrogens (tertiary/aromatic N) is 3. The summed E-state index contributed by atoms with van der Waals surface area (Å²) in [5, 5.41) is 10.6. The van der Waals surface area contributed by atoms with Gasteiger partial charge in [-0.25, -0.2) is 22.4 Å². The number of hydrogen-bond donors (Lipinski definition) is 3. The van der Waals surface area contributed by atoms with Crippen molar-refractivity contribution in [1.82, 2.24) is 30.7 Å². The first-order chi connectivity index (χ1) is 22.1. The fourth-order valence-electron chi connectivity index (χ4n) is 10.2. The normalized spacial score (nSPS) is 45.0. The lowest BCUT2D eigenvalue weighted by molar-refractivity contribution is -0.141. The fraction of sp³-hybridized carbons (Fsp3) is 0.879. The molecule has 0 aromatic carbocycles. The molecule has 3 N–H and O–H groups in total. The SMILES string of the molecule is CC(C)C1NCCC2CCCOC3CCCC(F)C3C3NC4C(CC3F)C(N3CC5C3CCN5C(=O)/C=C/C(F)F)NC(=O)N4C21. The van der Waals surface area contributed by atoms with Crippen molar-refractivity contribution in [2.45, 2.75) is 133 Å². The van der Waals surface area contributed by atoms with Gasteiger partial charge in [0.25, 0.3) is 6.43 Å². The highest BCUT2D eigenvalue weighted by Crippen LogP contribution is 2.45. The number of carbonyl (C=O) groups is 2. The first-order valence-electron chi connectivity index (χ1n) is 17.6. The van der Waals surface area contributed by atoms with Crippen molar-refractivity contribution >= 4 is 11.9 Å². The molecular weight excluding hydrogens is 604 g/mol.